The van der Waals surface area contributed by atoms with E-state index in [1.54, 1.807) is 55.5 Å². The molecule has 0 saturated heterocycles. The Morgan fingerprint density at radius 3 is 2.37 bits per heavy atom. The molecule has 0 unspecified atom stereocenters. The lowest BCUT2D eigenvalue weighted by Crippen LogP contribution is -2.49. The number of hydrogen-bond donors (Lipinski definition) is 1. The van der Waals surface area contributed by atoms with Crippen LogP contribution in [0.1, 0.15) is 25.5 Å². The number of carbonyl (C=O) groups excluding carboxylic acids is 2. The van der Waals surface area contributed by atoms with Gasteiger partial charge in [-0.3, -0.25) is 4.90 Å². The summed E-state index contributed by atoms with van der Waals surface area (Å²) >= 11 is 12.6. The summed E-state index contributed by atoms with van der Waals surface area (Å²) in [5, 5.41) is 3.73. The van der Waals surface area contributed by atoms with E-state index in [0.717, 1.165) is 0 Å². The molecule has 30 heavy (non-hydrogen) atoms. The van der Waals surface area contributed by atoms with Gasteiger partial charge in [0.15, 0.2) is 0 Å². The molecule has 0 spiro atoms. The predicted molar refractivity (Wildman–Crippen MR) is 116 cm³/mol. The first-order chi connectivity index (χ1) is 14.5. The number of nitrogens with zero attached hydrogens (tertiary/aromatic N) is 1. The molecular formula is C22H22Cl2N2O4. The van der Waals surface area contributed by atoms with Crippen molar-refractivity contribution in [3.63, 3.8) is 0 Å². The first-order valence-corrected chi connectivity index (χ1v) is 10.3. The first-order valence-electron chi connectivity index (χ1n) is 9.57. The van der Waals surface area contributed by atoms with Crippen molar-refractivity contribution in [1.82, 2.24) is 10.2 Å². The average molecular weight is 449 g/mol. The number of nitrogens with one attached hydrogen (secondary N) is 1. The van der Waals surface area contributed by atoms with E-state index < -0.39 is 12.0 Å². The van der Waals surface area contributed by atoms with Crippen molar-refractivity contribution < 1.29 is 19.1 Å². The Labute approximate surface area is 185 Å². The molecule has 2 aromatic rings. The van der Waals surface area contributed by atoms with Gasteiger partial charge in [0.2, 0.25) is 0 Å². The van der Waals surface area contributed by atoms with Crippen molar-refractivity contribution in [2.45, 2.75) is 19.9 Å². The van der Waals surface area contributed by atoms with Crippen molar-refractivity contribution in [2.24, 2.45) is 0 Å². The summed E-state index contributed by atoms with van der Waals surface area (Å²) in [5.41, 5.74) is 1.28. The minimum Gasteiger partial charge on any atom is -0.486 e. The van der Waals surface area contributed by atoms with Crippen LogP contribution in [0.25, 0.3) is 0 Å². The van der Waals surface area contributed by atoms with Gasteiger partial charge in [-0.2, -0.15) is 0 Å². The van der Waals surface area contributed by atoms with Crippen LogP contribution in [0.3, 0.4) is 0 Å². The Bertz CT molecular complexity index is 977. The second-order valence-electron chi connectivity index (χ2n) is 6.45. The lowest BCUT2D eigenvalue weighted by molar-refractivity contribution is -0.139. The number of hydrogen-bond acceptors (Lipinski definition) is 4. The lowest BCUT2D eigenvalue weighted by atomic mass is 9.94. The van der Waals surface area contributed by atoms with Crippen molar-refractivity contribution in [3.8, 4) is 5.75 Å². The number of amides is 2. The number of likely N-dealkylation sites (N-methyl/N-ethyl adjacent to an activating group) is 1. The highest BCUT2D eigenvalue weighted by atomic mass is 35.5. The molecule has 1 N–H and O–H groups in total. The second kappa shape index (κ2) is 9.87. The van der Waals surface area contributed by atoms with Crippen molar-refractivity contribution in [2.75, 3.05) is 19.8 Å². The average Bonchev–Trinajstić information content (AvgIpc) is 2.73. The topological polar surface area (TPSA) is 67.9 Å². The van der Waals surface area contributed by atoms with E-state index in [0.29, 0.717) is 33.6 Å². The Hall–Kier alpha value is -2.70. The van der Waals surface area contributed by atoms with Gasteiger partial charge in [-0.15, -0.1) is 0 Å². The maximum Gasteiger partial charge on any atom is 0.338 e. The number of ether oxygens (including phenoxy) is 2. The second-order valence-corrected chi connectivity index (χ2v) is 7.26. The minimum atomic E-state index is -0.766. The molecule has 6 nitrogen and oxygen atoms in total. The third-order valence-corrected chi connectivity index (χ3v) is 5.32. The van der Waals surface area contributed by atoms with Gasteiger partial charge in [0, 0.05) is 11.6 Å². The van der Waals surface area contributed by atoms with Gasteiger partial charge in [0.05, 0.1) is 28.9 Å². The number of carbonyl (C=O) groups is 2. The molecule has 0 aliphatic carbocycles. The van der Waals surface area contributed by atoms with E-state index in [4.69, 9.17) is 32.7 Å². The smallest absolute Gasteiger partial charge is 0.338 e. The van der Waals surface area contributed by atoms with Crippen LogP contribution in [0.5, 0.6) is 5.75 Å². The Morgan fingerprint density at radius 1 is 1.07 bits per heavy atom. The SMILES string of the molecule is CCOC(=O)C1=C(COc2ccccc2Cl)N(CC)C(=O)N[C@@H]1c1ccccc1Cl. The molecule has 158 valence electrons. The molecule has 0 radical (unpaired) electrons. The number of para-hydroxylation sites is 1. The molecule has 3 rings (SSSR count). The third-order valence-electron chi connectivity index (χ3n) is 4.67. The van der Waals surface area contributed by atoms with Crippen LogP contribution in [-0.2, 0) is 9.53 Å². The maximum absolute atomic E-state index is 13.0. The highest BCUT2D eigenvalue weighted by Gasteiger charge is 2.38. The lowest BCUT2D eigenvalue weighted by Gasteiger charge is -2.36. The zero-order valence-corrected chi connectivity index (χ0v) is 18.2. The van der Waals surface area contributed by atoms with E-state index in [9.17, 15) is 9.59 Å². The zero-order chi connectivity index (χ0) is 21.7. The Morgan fingerprint density at radius 2 is 1.73 bits per heavy atom. The Kier molecular flexibility index (Phi) is 7.24. The van der Waals surface area contributed by atoms with Gasteiger partial charge in [-0.1, -0.05) is 53.5 Å². The van der Waals surface area contributed by atoms with E-state index in [1.165, 1.54) is 4.90 Å². The summed E-state index contributed by atoms with van der Waals surface area (Å²) in [7, 11) is 0. The summed E-state index contributed by atoms with van der Waals surface area (Å²) in [6, 6.07) is 12.9. The van der Waals surface area contributed by atoms with Crippen LogP contribution in [-0.4, -0.2) is 36.7 Å². The fraction of sp³-hybridized carbons (Fsp3) is 0.273. The maximum atomic E-state index is 13.0. The number of halogens is 2. The number of esters is 1. The number of urea groups is 1. The molecule has 0 bridgehead atoms. The molecule has 0 aromatic heterocycles. The standard InChI is InChI=1S/C22H22Cl2N2O4/c1-3-26-17(13-30-18-12-8-7-11-16(18)24)19(21(27)29-4-2)20(25-22(26)28)14-9-5-6-10-15(14)23/h5-12,20H,3-4,13H2,1-2H3,(H,25,28)/t20-/m1/s1. The molecule has 0 fully saturated rings. The van der Waals surface area contributed by atoms with E-state index in [1.807, 2.05) is 6.92 Å². The molecule has 1 aliphatic heterocycles. The predicted octanol–water partition coefficient (Wildman–Crippen LogP) is 4.98. The fourth-order valence-corrected chi connectivity index (χ4v) is 3.73. The van der Waals surface area contributed by atoms with E-state index in [2.05, 4.69) is 5.32 Å². The summed E-state index contributed by atoms with van der Waals surface area (Å²) in [6.45, 7) is 4.02. The van der Waals surface area contributed by atoms with Crippen molar-refractivity contribution in [1.29, 1.82) is 0 Å². The van der Waals surface area contributed by atoms with Crippen LogP contribution >= 0.6 is 23.2 Å². The monoisotopic (exact) mass is 448 g/mol. The van der Waals surface area contributed by atoms with Gasteiger partial charge in [-0.25, -0.2) is 9.59 Å². The van der Waals surface area contributed by atoms with Crippen LogP contribution in [0.15, 0.2) is 59.8 Å². The number of rotatable bonds is 7. The van der Waals surface area contributed by atoms with Crippen LogP contribution in [0.2, 0.25) is 10.0 Å². The summed E-state index contributed by atoms with van der Waals surface area (Å²) in [5.74, 6) is -0.0927. The summed E-state index contributed by atoms with van der Waals surface area (Å²) < 4.78 is 11.2. The van der Waals surface area contributed by atoms with Gasteiger partial charge < -0.3 is 14.8 Å². The largest absolute Gasteiger partial charge is 0.486 e. The normalized spacial score (nSPS) is 16.3. The summed E-state index contributed by atoms with van der Waals surface area (Å²) in [4.78, 5) is 27.3. The quantitative estimate of drug-likeness (QED) is 0.606. The molecule has 1 aliphatic rings. The van der Waals surface area contributed by atoms with Gasteiger partial charge in [0.25, 0.3) is 0 Å². The first kappa shape index (κ1) is 22.0. The molecule has 2 aromatic carbocycles. The van der Waals surface area contributed by atoms with Crippen molar-refractivity contribution >= 4 is 35.2 Å². The molecule has 2 amide bonds. The molecular weight excluding hydrogens is 427 g/mol. The molecule has 1 atom stereocenters. The van der Waals surface area contributed by atoms with E-state index in [-0.39, 0.29) is 24.8 Å². The zero-order valence-electron chi connectivity index (χ0n) is 16.7. The van der Waals surface area contributed by atoms with Crippen LogP contribution < -0.4 is 10.1 Å². The number of benzene rings is 2. The molecule has 0 saturated carbocycles. The van der Waals surface area contributed by atoms with E-state index >= 15 is 0 Å². The molecule has 1 heterocycles. The van der Waals surface area contributed by atoms with Gasteiger partial charge in [-0.05, 0) is 37.6 Å². The van der Waals surface area contributed by atoms with Crippen LogP contribution in [0.4, 0.5) is 4.79 Å². The highest BCUT2D eigenvalue weighted by molar-refractivity contribution is 6.32. The highest BCUT2D eigenvalue weighted by Crippen LogP contribution is 2.35. The minimum absolute atomic E-state index is 0.0416. The molecule has 8 heteroatoms. The van der Waals surface area contributed by atoms with Gasteiger partial charge in [0.1, 0.15) is 12.4 Å². The summed E-state index contributed by atoms with van der Waals surface area (Å²) in [6.07, 6.45) is 0. The van der Waals surface area contributed by atoms with Gasteiger partial charge >= 0.3 is 12.0 Å². The fourth-order valence-electron chi connectivity index (χ4n) is 3.29. The van der Waals surface area contributed by atoms with Crippen LogP contribution in [0, 0.1) is 0 Å². The van der Waals surface area contributed by atoms with Crippen molar-refractivity contribution in [3.05, 3.63) is 75.4 Å². The third kappa shape index (κ3) is 4.55. The Balaban J connectivity index is 2.10.